The third-order valence-corrected chi connectivity index (χ3v) is 4.20. The molecule has 4 aromatic rings. The lowest BCUT2D eigenvalue weighted by Crippen LogP contribution is -1.77. The predicted molar refractivity (Wildman–Crippen MR) is 77.7 cm³/mol. The number of benzene rings is 2. The highest BCUT2D eigenvalue weighted by Crippen LogP contribution is 2.29. The minimum atomic E-state index is 0.273. The second-order valence-corrected chi connectivity index (χ2v) is 5.40. The summed E-state index contributed by atoms with van der Waals surface area (Å²) in [4.78, 5) is 5.64. The molecule has 0 amide bonds. The van der Waals surface area contributed by atoms with Gasteiger partial charge in [-0.05, 0) is 36.4 Å². The maximum absolute atomic E-state index is 9.32. The predicted octanol–water partition coefficient (Wildman–Crippen LogP) is 3.92. The molecule has 0 saturated heterocycles. The first kappa shape index (κ1) is 10.6. The number of para-hydroxylation sites is 1. The fourth-order valence-electron chi connectivity index (χ4n) is 2.22. The van der Waals surface area contributed by atoms with E-state index in [-0.39, 0.29) is 5.75 Å². The molecule has 0 bridgehead atoms. The fraction of sp³-hybridized carbons (Fsp3) is 0. The Bertz CT molecular complexity index is 874. The Balaban J connectivity index is 1.94. The molecule has 0 aliphatic heterocycles. The van der Waals surface area contributed by atoms with Gasteiger partial charge in [-0.25, -0.2) is 4.98 Å². The van der Waals surface area contributed by atoms with Crippen molar-refractivity contribution in [1.82, 2.24) is 9.38 Å². The van der Waals surface area contributed by atoms with E-state index >= 15 is 0 Å². The van der Waals surface area contributed by atoms with E-state index in [0.29, 0.717) is 0 Å². The molecule has 0 fully saturated rings. The van der Waals surface area contributed by atoms with Gasteiger partial charge in [-0.15, -0.1) is 0 Å². The molecule has 0 aliphatic carbocycles. The summed E-state index contributed by atoms with van der Waals surface area (Å²) >= 11 is 1.68. The summed E-state index contributed by atoms with van der Waals surface area (Å²) in [6.45, 7) is 0. The monoisotopic (exact) mass is 266 g/mol. The van der Waals surface area contributed by atoms with E-state index in [1.165, 1.54) is 10.2 Å². The zero-order valence-corrected chi connectivity index (χ0v) is 10.8. The number of hydrogen-bond donors (Lipinski definition) is 1. The second kappa shape index (κ2) is 3.83. The summed E-state index contributed by atoms with van der Waals surface area (Å²) in [5, 5.41) is 9.32. The molecular weight excluding hydrogens is 256 g/mol. The van der Waals surface area contributed by atoms with Crippen LogP contribution in [0, 0.1) is 0 Å². The van der Waals surface area contributed by atoms with Crippen LogP contribution in [0.2, 0.25) is 0 Å². The van der Waals surface area contributed by atoms with Gasteiger partial charge in [-0.1, -0.05) is 23.5 Å². The van der Waals surface area contributed by atoms with E-state index in [4.69, 9.17) is 0 Å². The van der Waals surface area contributed by atoms with Crippen molar-refractivity contribution in [1.29, 1.82) is 0 Å². The highest BCUT2D eigenvalue weighted by atomic mass is 32.1. The van der Waals surface area contributed by atoms with Gasteiger partial charge >= 0.3 is 0 Å². The van der Waals surface area contributed by atoms with Crippen LogP contribution in [0.4, 0.5) is 0 Å². The first-order chi connectivity index (χ1) is 9.31. The maximum Gasteiger partial charge on any atom is 0.195 e. The molecule has 0 saturated carbocycles. The Labute approximate surface area is 113 Å². The number of aromatic nitrogens is 2. The second-order valence-electron chi connectivity index (χ2n) is 4.40. The number of phenolic OH excluding ortho intramolecular Hbond substituents is 1. The van der Waals surface area contributed by atoms with Crippen molar-refractivity contribution in [2.45, 2.75) is 0 Å². The average Bonchev–Trinajstić information content (AvgIpc) is 2.97. The van der Waals surface area contributed by atoms with Crippen molar-refractivity contribution in [2.75, 3.05) is 0 Å². The van der Waals surface area contributed by atoms with E-state index in [2.05, 4.69) is 21.5 Å². The van der Waals surface area contributed by atoms with Gasteiger partial charge in [0.25, 0.3) is 0 Å². The molecule has 0 unspecified atom stereocenters. The molecule has 0 aliphatic rings. The summed E-state index contributed by atoms with van der Waals surface area (Å²) in [5.74, 6) is 0.273. The van der Waals surface area contributed by atoms with E-state index in [0.717, 1.165) is 16.2 Å². The molecule has 2 aromatic carbocycles. The van der Waals surface area contributed by atoms with Crippen LogP contribution in [0.3, 0.4) is 0 Å². The van der Waals surface area contributed by atoms with Gasteiger partial charge in [0.2, 0.25) is 0 Å². The van der Waals surface area contributed by atoms with Gasteiger partial charge in [-0.2, -0.15) is 0 Å². The number of fused-ring (bicyclic) bond motifs is 3. The molecule has 92 valence electrons. The molecule has 3 nitrogen and oxygen atoms in total. The van der Waals surface area contributed by atoms with Gasteiger partial charge in [0, 0.05) is 11.8 Å². The Morgan fingerprint density at radius 2 is 1.79 bits per heavy atom. The smallest absolute Gasteiger partial charge is 0.195 e. The van der Waals surface area contributed by atoms with E-state index in [1.54, 1.807) is 23.5 Å². The number of thiazole rings is 1. The summed E-state index contributed by atoms with van der Waals surface area (Å²) in [7, 11) is 0. The van der Waals surface area contributed by atoms with E-state index < -0.39 is 0 Å². The average molecular weight is 266 g/mol. The van der Waals surface area contributed by atoms with Gasteiger partial charge in [0.15, 0.2) is 4.96 Å². The number of phenols is 1. The maximum atomic E-state index is 9.32. The lowest BCUT2D eigenvalue weighted by molar-refractivity contribution is 0.475. The largest absolute Gasteiger partial charge is 0.508 e. The summed E-state index contributed by atoms with van der Waals surface area (Å²) in [5.41, 5.74) is 3.12. The van der Waals surface area contributed by atoms with Gasteiger partial charge in [0.1, 0.15) is 5.75 Å². The first-order valence-electron chi connectivity index (χ1n) is 5.97. The molecule has 0 radical (unpaired) electrons. The van der Waals surface area contributed by atoms with Crippen LogP contribution >= 0.6 is 11.3 Å². The SMILES string of the molecule is Oc1ccc(-c2cn3c(n2)sc2ccccc23)cc1. The Morgan fingerprint density at radius 3 is 2.63 bits per heavy atom. The molecule has 2 heterocycles. The van der Waals surface area contributed by atoms with Crippen molar-refractivity contribution in [3.05, 3.63) is 54.7 Å². The number of rotatable bonds is 1. The molecule has 4 rings (SSSR count). The van der Waals surface area contributed by atoms with Crippen LogP contribution in [0.25, 0.3) is 26.4 Å². The minimum absolute atomic E-state index is 0.273. The number of hydrogen-bond acceptors (Lipinski definition) is 3. The minimum Gasteiger partial charge on any atom is -0.508 e. The molecule has 0 atom stereocenters. The van der Waals surface area contributed by atoms with Gasteiger partial charge < -0.3 is 5.11 Å². The third kappa shape index (κ3) is 1.61. The Morgan fingerprint density at radius 1 is 1.00 bits per heavy atom. The van der Waals surface area contributed by atoms with Crippen LogP contribution < -0.4 is 0 Å². The lowest BCUT2D eigenvalue weighted by atomic mass is 10.2. The van der Waals surface area contributed by atoms with Crippen LogP contribution in [0.1, 0.15) is 0 Å². The van der Waals surface area contributed by atoms with Crippen LogP contribution in [0.5, 0.6) is 5.75 Å². The van der Waals surface area contributed by atoms with E-state index in [1.807, 2.05) is 30.5 Å². The van der Waals surface area contributed by atoms with Gasteiger partial charge in [0.05, 0.1) is 15.9 Å². The summed E-state index contributed by atoms with van der Waals surface area (Å²) in [6, 6.07) is 15.4. The quantitative estimate of drug-likeness (QED) is 0.567. The van der Waals surface area contributed by atoms with Crippen molar-refractivity contribution in [2.24, 2.45) is 0 Å². The highest BCUT2D eigenvalue weighted by molar-refractivity contribution is 7.23. The molecular formula is C15H10N2OS. The standard InChI is InChI=1S/C15H10N2OS/c18-11-7-5-10(6-8-11)12-9-17-13-3-1-2-4-14(13)19-15(17)16-12/h1-9,18H. The summed E-state index contributed by atoms with van der Waals surface area (Å²) < 4.78 is 3.35. The zero-order chi connectivity index (χ0) is 12.8. The van der Waals surface area contributed by atoms with Crippen molar-refractivity contribution < 1.29 is 5.11 Å². The fourth-order valence-corrected chi connectivity index (χ4v) is 3.23. The van der Waals surface area contributed by atoms with Gasteiger partial charge in [-0.3, -0.25) is 4.40 Å². The topological polar surface area (TPSA) is 37.5 Å². The highest BCUT2D eigenvalue weighted by Gasteiger charge is 2.09. The van der Waals surface area contributed by atoms with Crippen molar-refractivity contribution in [3.8, 4) is 17.0 Å². The zero-order valence-electron chi connectivity index (χ0n) is 9.95. The molecule has 2 aromatic heterocycles. The Kier molecular flexibility index (Phi) is 2.13. The van der Waals surface area contributed by atoms with Crippen LogP contribution in [0.15, 0.2) is 54.7 Å². The number of imidazole rings is 1. The molecule has 19 heavy (non-hydrogen) atoms. The molecule has 4 heteroatoms. The summed E-state index contributed by atoms with van der Waals surface area (Å²) in [6.07, 6.45) is 2.04. The first-order valence-corrected chi connectivity index (χ1v) is 6.79. The number of aromatic hydroxyl groups is 1. The third-order valence-electron chi connectivity index (χ3n) is 3.16. The molecule has 0 spiro atoms. The van der Waals surface area contributed by atoms with Crippen molar-refractivity contribution >= 4 is 26.5 Å². The number of nitrogens with zero attached hydrogens (tertiary/aromatic N) is 2. The normalized spacial score (nSPS) is 11.4. The molecule has 1 N–H and O–H groups in total. The Hall–Kier alpha value is -2.33. The van der Waals surface area contributed by atoms with Crippen molar-refractivity contribution in [3.63, 3.8) is 0 Å². The van der Waals surface area contributed by atoms with E-state index in [9.17, 15) is 5.11 Å². The van der Waals surface area contributed by atoms with Crippen LogP contribution in [-0.2, 0) is 0 Å². The van der Waals surface area contributed by atoms with Crippen LogP contribution in [-0.4, -0.2) is 14.5 Å². The lowest BCUT2D eigenvalue weighted by Gasteiger charge is -1.96.